The minimum absolute atomic E-state index is 0.0827. The number of hydrogen-bond acceptors (Lipinski definition) is 5. The molecule has 2 aromatic rings. The highest BCUT2D eigenvalue weighted by atomic mass is 19.1. The molecule has 3 rings (SSSR count). The standard InChI is InChI=1S/C23H29FN4O3/c1-23(2,3)31-22(30)28-12-10-27(11-13-28)19-8-5-16(6-9-19)21(29)26-15-17-4-7-18(25)14-20(17)24/h4-9,14H,10-13,15,25H2,1-3H3,(H,26,29). The largest absolute Gasteiger partial charge is 0.444 e. The number of nitrogens with one attached hydrogen (secondary N) is 1. The van der Waals surface area contributed by atoms with Gasteiger partial charge >= 0.3 is 6.09 Å². The zero-order chi connectivity index (χ0) is 22.6. The minimum atomic E-state index is -0.510. The maximum atomic E-state index is 13.9. The van der Waals surface area contributed by atoms with E-state index in [0.717, 1.165) is 5.69 Å². The van der Waals surface area contributed by atoms with Crippen molar-refractivity contribution in [2.45, 2.75) is 32.9 Å². The van der Waals surface area contributed by atoms with E-state index in [-0.39, 0.29) is 18.5 Å². The van der Waals surface area contributed by atoms with Crippen molar-refractivity contribution in [2.75, 3.05) is 36.8 Å². The first-order chi connectivity index (χ1) is 14.6. The Labute approximate surface area is 182 Å². The summed E-state index contributed by atoms with van der Waals surface area (Å²) in [5.74, 6) is -0.723. The van der Waals surface area contributed by atoms with Crippen LogP contribution in [0.15, 0.2) is 42.5 Å². The van der Waals surface area contributed by atoms with E-state index in [0.29, 0.717) is 43.0 Å². The molecule has 166 valence electrons. The summed E-state index contributed by atoms with van der Waals surface area (Å²) in [7, 11) is 0. The van der Waals surface area contributed by atoms with E-state index >= 15 is 0 Å². The molecule has 1 saturated heterocycles. The van der Waals surface area contributed by atoms with Crippen LogP contribution in [0.25, 0.3) is 0 Å². The fraction of sp³-hybridized carbons (Fsp3) is 0.391. The van der Waals surface area contributed by atoms with Gasteiger partial charge in [0.05, 0.1) is 0 Å². The molecule has 1 aliphatic heterocycles. The molecule has 0 atom stereocenters. The highest BCUT2D eigenvalue weighted by Gasteiger charge is 2.26. The van der Waals surface area contributed by atoms with Crippen LogP contribution in [0.5, 0.6) is 0 Å². The zero-order valence-corrected chi connectivity index (χ0v) is 18.2. The van der Waals surface area contributed by atoms with Gasteiger partial charge in [0.2, 0.25) is 0 Å². The smallest absolute Gasteiger partial charge is 0.410 e. The van der Waals surface area contributed by atoms with Crippen molar-refractivity contribution in [2.24, 2.45) is 0 Å². The first-order valence-corrected chi connectivity index (χ1v) is 10.3. The quantitative estimate of drug-likeness (QED) is 0.729. The van der Waals surface area contributed by atoms with Crippen LogP contribution in [0.1, 0.15) is 36.7 Å². The van der Waals surface area contributed by atoms with Crippen LogP contribution in [0, 0.1) is 5.82 Å². The first kappa shape index (κ1) is 22.4. The number of carbonyl (C=O) groups excluding carboxylic acids is 2. The van der Waals surface area contributed by atoms with Gasteiger partial charge in [-0.2, -0.15) is 0 Å². The molecule has 0 radical (unpaired) electrons. The summed E-state index contributed by atoms with van der Waals surface area (Å²) >= 11 is 0. The van der Waals surface area contributed by atoms with Crippen LogP contribution in [-0.2, 0) is 11.3 Å². The molecule has 31 heavy (non-hydrogen) atoms. The van der Waals surface area contributed by atoms with Gasteiger partial charge in [-0.15, -0.1) is 0 Å². The number of halogens is 1. The number of carbonyl (C=O) groups is 2. The van der Waals surface area contributed by atoms with Crippen LogP contribution >= 0.6 is 0 Å². The fourth-order valence-corrected chi connectivity index (χ4v) is 3.28. The molecule has 1 fully saturated rings. The Morgan fingerprint density at radius 3 is 2.29 bits per heavy atom. The van der Waals surface area contributed by atoms with E-state index in [1.807, 2.05) is 32.9 Å². The number of anilines is 2. The van der Waals surface area contributed by atoms with Gasteiger partial charge in [0.25, 0.3) is 5.91 Å². The highest BCUT2D eigenvalue weighted by Crippen LogP contribution is 2.19. The molecule has 0 saturated carbocycles. The summed E-state index contributed by atoms with van der Waals surface area (Å²) in [6, 6.07) is 11.6. The van der Waals surface area contributed by atoms with Crippen molar-refractivity contribution >= 4 is 23.4 Å². The number of piperazine rings is 1. The van der Waals surface area contributed by atoms with Gasteiger partial charge in [0, 0.05) is 55.2 Å². The minimum Gasteiger partial charge on any atom is -0.444 e. The van der Waals surface area contributed by atoms with E-state index in [4.69, 9.17) is 10.5 Å². The molecular formula is C23H29FN4O3. The number of benzene rings is 2. The Balaban J connectivity index is 1.52. The summed E-state index contributed by atoms with van der Waals surface area (Å²) in [5.41, 5.74) is 7.22. The molecule has 0 spiro atoms. The molecule has 3 N–H and O–H groups in total. The predicted molar refractivity (Wildman–Crippen MR) is 118 cm³/mol. The van der Waals surface area contributed by atoms with Crippen LogP contribution in [0.4, 0.5) is 20.6 Å². The van der Waals surface area contributed by atoms with Gasteiger partial charge in [-0.1, -0.05) is 6.07 Å². The maximum Gasteiger partial charge on any atom is 0.410 e. The third-order valence-electron chi connectivity index (χ3n) is 4.94. The Bertz CT molecular complexity index is 933. The molecule has 0 unspecified atom stereocenters. The Morgan fingerprint density at radius 1 is 1.06 bits per heavy atom. The van der Waals surface area contributed by atoms with Crippen LogP contribution in [0.3, 0.4) is 0 Å². The van der Waals surface area contributed by atoms with Gasteiger partial charge < -0.3 is 25.6 Å². The van der Waals surface area contributed by atoms with Crippen LogP contribution in [0.2, 0.25) is 0 Å². The average Bonchev–Trinajstić information content (AvgIpc) is 2.72. The zero-order valence-electron chi connectivity index (χ0n) is 18.2. The number of amides is 2. The van der Waals surface area contributed by atoms with Crippen LogP contribution < -0.4 is 16.0 Å². The lowest BCUT2D eigenvalue weighted by Crippen LogP contribution is -2.50. The lowest BCUT2D eigenvalue weighted by Gasteiger charge is -2.36. The van der Waals surface area contributed by atoms with Crippen molar-refractivity contribution in [3.05, 3.63) is 59.4 Å². The van der Waals surface area contributed by atoms with E-state index < -0.39 is 11.4 Å². The second kappa shape index (κ2) is 9.24. The number of hydrogen-bond donors (Lipinski definition) is 2. The predicted octanol–water partition coefficient (Wildman–Crippen LogP) is 3.40. The normalized spacial score (nSPS) is 14.3. The van der Waals surface area contributed by atoms with Crippen molar-refractivity contribution in [1.82, 2.24) is 10.2 Å². The summed E-state index contributed by atoms with van der Waals surface area (Å²) in [6.07, 6.45) is -0.295. The second-order valence-electron chi connectivity index (χ2n) is 8.53. The van der Waals surface area contributed by atoms with Gasteiger partial charge in [0.1, 0.15) is 11.4 Å². The number of nitrogens with zero attached hydrogens (tertiary/aromatic N) is 2. The maximum absolute atomic E-state index is 13.9. The summed E-state index contributed by atoms with van der Waals surface area (Å²) in [6.45, 7) is 8.15. The average molecular weight is 429 g/mol. The third kappa shape index (κ3) is 6.10. The molecule has 0 aliphatic carbocycles. The molecule has 7 nitrogen and oxygen atoms in total. The number of ether oxygens (including phenoxy) is 1. The molecule has 8 heteroatoms. The molecule has 0 aromatic heterocycles. The van der Waals surface area contributed by atoms with Crippen molar-refractivity contribution < 1.29 is 18.7 Å². The van der Waals surface area contributed by atoms with Crippen molar-refractivity contribution in [1.29, 1.82) is 0 Å². The topological polar surface area (TPSA) is 87.9 Å². The lowest BCUT2D eigenvalue weighted by molar-refractivity contribution is 0.0240. The van der Waals surface area contributed by atoms with E-state index in [1.165, 1.54) is 6.07 Å². The number of nitrogen functional groups attached to an aromatic ring is 1. The molecule has 1 heterocycles. The summed E-state index contributed by atoms with van der Waals surface area (Å²) in [4.78, 5) is 28.4. The van der Waals surface area contributed by atoms with Crippen LogP contribution in [-0.4, -0.2) is 48.7 Å². The van der Waals surface area contributed by atoms with Gasteiger partial charge in [0.15, 0.2) is 0 Å². The Kier molecular flexibility index (Phi) is 6.68. The van der Waals surface area contributed by atoms with Crippen molar-refractivity contribution in [3.63, 3.8) is 0 Å². The van der Waals surface area contributed by atoms with E-state index in [2.05, 4.69) is 10.2 Å². The number of rotatable bonds is 4. The molecule has 2 aromatic carbocycles. The summed E-state index contributed by atoms with van der Waals surface area (Å²) < 4.78 is 19.3. The van der Waals surface area contributed by atoms with E-state index in [9.17, 15) is 14.0 Å². The molecule has 2 amide bonds. The fourth-order valence-electron chi connectivity index (χ4n) is 3.28. The van der Waals surface area contributed by atoms with E-state index in [1.54, 1.807) is 29.2 Å². The third-order valence-corrected chi connectivity index (χ3v) is 4.94. The summed E-state index contributed by atoms with van der Waals surface area (Å²) in [5, 5.41) is 2.72. The van der Waals surface area contributed by atoms with Crippen molar-refractivity contribution in [3.8, 4) is 0 Å². The Morgan fingerprint density at radius 2 is 1.71 bits per heavy atom. The number of nitrogens with two attached hydrogens (primary N) is 1. The monoisotopic (exact) mass is 428 g/mol. The van der Waals surface area contributed by atoms with Gasteiger partial charge in [-0.25, -0.2) is 9.18 Å². The lowest BCUT2D eigenvalue weighted by atomic mass is 10.1. The second-order valence-corrected chi connectivity index (χ2v) is 8.53. The molecule has 1 aliphatic rings. The Hall–Kier alpha value is -3.29. The highest BCUT2D eigenvalue weighted by molar-refractivity contribution is 5.94. The molecular weight excluding hydrogens is 399 g/mol. The van der Waals surface area contributed by atoms with Gasteiger partial charge in [-0.3, -0.25) is 4.79 Å². The SMILES string of the molecule is CC(C)(C)OC(=O)N1CCN(c2ccc(C(=O)NCc3ccc(N)cc3F)cc2)CC1. The van der Waals surface area contributed by atoms with Gasteiger partial charge in [-0.05, 0) is 57.2 Å². The molecule has 0 bridgehead atoms. The first-order valence-electron chi connectivity index (χ1n) is 10.3.